The summed E-state index contributed by atoms with van der Waals surface area (Å²) in [6, 6.07) is 15.2. The predicted octanol–water partition coefficient (Wildman–Crippen LogP) is 4.91. The summed E-state index contributed by atoms with van der Waals surface area (Å²) in [5.74, 6) is 0.126. The average Bonchev–Trinajstić information content (AvgIpc) is 3.19. The molecule has 0 aliphatic heterocycles. The standard InChI is InChI=1S/C19H15ClN2O3S/c1-25-14-7-5-13(6-8-14)21-18(23)12-4-9-15(20)16(11-12)22-19(24)17-3-2-10-26-17/h2-11H,1H3,(H,21,23)(H,22,24). The summed E-state index contributed by atoms with van der Waals surface area (Å²) in [6.45, 7) is 0. The van der Waals surface area contributed by atoms with Gasteiger partial charge in [0.2, 0.25) is 0 Å². The molecule has 7 heteroatoms. The Balaban J connectivity index is 1.75. The van der Waals surface area contributed by atoms with Crippen molar-refractivity contribution in [3.8, 4) is 5.75 Å². The van der Waals surface area contributed by atoms with Crippen molar-refractivity contribution < 1.29 is 14.3 Å². The predicted molar refractivity (Wildman–Crippen MR) is 105 cm³/mol. The lowest BCUT2D eigenvalue weighted by atomic mass is 10.1. The van der Waals surface area contributed by atoms with Gasteiger partial charge in [-0.2, -0.15) is 0 Å². The van der Waals surface area contributed by atoms with Crippen LogP contribution in [0.2, 0.25) is 5.02 Å². The number of benzene rings is 2. The number of hydrogen-bond donors (Lipinski definition) is 2. The Morgan fingerprint density at radius 2 is 1.77 bits per heavy atom. The first-order chi connectivity index (χ1) is 12.6. The van der Waals surface area contributed by atoms with Crippen molar-refractivity contribution >= 4 is 46.1 Å². The number of amides is 2. The van der Waals surface area contributed by atoms with Crippen LogP contribution in [0.25, 0.3) is 0 Å². The Kier molecular flexibility index (Phi) is 5.55. The Hall–Kier alpha value is -2.83. The highest BCUT2D eigenvalue weighted by Crippen LogP contribution is 2.25. The molecule has 3 aromatic rings. The number of carbonyl (C=O) groups is 2. The lowest BCUT2D eigenvalue weighted by Crippen LogP contribution is -2.14. The molecule has 5 nitrogen and oxygen atoms in total. The maximum absolute atomic E-state index is 12.5. The first kappa shape index (κ1) is 18.0. The van der Waals surface area contributed by atoms with Gasteiger partial charge in [-0.05, 0) is 53.9 Å². The third-order valence-corrected chi connectivity index (χ3v) is 4.77. The van der Waals surface area contributed by atoms with E-state index in [9.17, 15) is 9.59 Å². The van der Waals surface area contributed by atoms with E-state index in [1.165, 1.54) is 11.3 Å². The maximum Gasteiger partial charge on any atom is 0.265 e. The molecule has 0 aliphatic carbocycles. The number of methoxy groups -OCH3 is 1. The molecule has 0 spiro atoms. The van der Waals surface area contributed by atoms with Crippen molar-refractivity contribution in [1.29, 1.82) is 0 Å². The van der Waals surface area contributed by atoms with Crippen molar-refractivity contribution in [3.05, 3.63) is 75.4 Å². The van der Waals surface area contributed by atoms with Gasteiger partial charge in [-0.1, -0.05) is 17.7 Å². The highest BCUT2D eigenvalue weighted by Gasteiger charge is 2.13. The van der Waals surface area contributed by atoms with Gasteiger partial charge in [-0.3, -0.25) is 9.59 Å². The Morgan fingerprint density at radius 1 is 1.00 bits per heavy atom. The monoisotopic (exact) mass is 386 g/mol. The summed E-state index contributed by atoms with van der Waals surface area (Å²) in [5.41, 5.74) is 1.40. The molecule has 0 saturated heterocycles. The highest BCUT2D eigenvalue weighted by molar-refractivity contribution is 7.12. The minimum Gasteiger partial charge on any atom is -0.497 e. The van der Waals surface area contributed by atoms with E-state index in [4.69, 9.17) is 16.3 Å². The van der Waals surface area contributed by atoms with Crippen molar-refractivity contribution in [1.82, 2.24) is 0 Å². The minimum atomic E-state index is -0.307. The first-order valence-electron chi connectivity index (χ1n) is 7.66. The summed E-state index contributed by atoms with van der Waals surface area (Å²) in [5, 5.41) is 7.69. The van der Waals surface area contributed by atoms with Crippen molar-refractivity contribution in [3.63, 3.8) is 0 Å². The van der Waals surface area contributed by atoms with Crippen LogP contribution >= 0.6 is 22.9 Å². The van der Waals surface area contributed by atoms with Crippen molar-refractivity contribution in [2.45, 2.75) is 0 Å². The molecule has 0 aliphatic rings. The fraction of sp³-hybridized carbons (Fsp3) is 0.0526. The molecule has 0 bridgehead atoms. The van der Waals surface area contributed by atoms with Gasteiger partial charge < -0.3 is 15.4 Å². The summed E-state index contributed by atoms with van der Waals surface area (Å²) in [4.78, 5) is 25.2. The zero-order valence-corrected chi connectivity index (χ0v) is 15.4. The van der Waals surface area contributed by atoms with Crippen molar-refractivity contribution in [2.75, 3.05) is 17.7 Å². The van der Waals surface area contributed by atoms with Crippen LogP contribution in [0.4, 0.5) is 11.4 Å². The van der Waals surface area contributed by atoms with Crippen LogP contribution in [0.1, 0.15) is 20.0 Å². The number of ether oxygens (including phenoxy) is 1. The number of thiophene rings is 1. The largest absolute Gasteiger partial charge is 0.497 e. The van der Waals surface area contributed by atoms with Crippen LogP contribution in [0.5, 0.6) is 5.75 Å². The zero-order chi connectivity index (χ0) is 18.5. The number of carbonyl (C=O) groups excluding carboxylic acids is 2. The molecular weight excluding hydrogens is 372 g/mol. The van der Waals surface area contributed by atoms with E-state index in [1.54, 1.807) is 61.7 Å². The molecular formula is C19H15ClN2O3S. The number of halogens is 1. The molecule has 0 radical (unpaired) electrons. The zero-order valence-electron chi connectivity index (χ0n) is 13.8. The average molecular weight is 387 g/mol. The van der Waals surface area contributed by atoms with Crippen LogP contribution in [0, 0.1) is 0 Å². The number of hydrogen-bond acceptors (Lipinski definition) is 4. The van der Waals surface area contributed by atoms with Gasteiger partial charge in [-0.25, -0.2) is 0 Å². The third-order valence-electron chi connectivity index (χ3n) is 3.57. The number of rotatable bonds is 5. The topological polar surface area (TPSA) is 67.4 Å². The molecule has 0 fully saturated rings. The number of anilines is 2. The lowest BCUT2D eigenvalue weighted by Gasteiger charge is -2.10. The van der Waals surface area contributed by atoms with Gasteiger partial charge in [0.05, 0.1) is 22.7 Å². The van der Waals surface area contributed by atoms with Gasteiger partial charge in [0, 0.05) is 11.3 Å². The van der Waals surface area contributed by atoms with E-state index in [-0.39, 0.29) is 11.8 Å². The maximum atomic E-state index is 12.5. The first-order valence-corrected chi connectivity index (χ1v) is 8.92. The fourth-order valence-corrected chi connectivity index (χ4v) is 3.02. The summed E-state index contributed by atoms with van der Waals surface area (Å²) >= 11 is 7.47. The molecule has 132 valence electrons. The van der Waals surface area contributed by atoms with Crippen LogP contribution in [0.15, 0.2) is 60.0 Å². The summed E-state index contributed by atoms with van der Waals surface area (Å²) in [6.07, 6.45) is 0. The fourth-order valence-electron chi connectivity index (χ4n) is 2.23. The second-order valence-electron chi connectivity index (χ2n) is 5.31. The molecule has 0 saturated carbocycles. The molecule has 0 atom stereocenters. The van der Waals surface area contributed by atoms with Crippen LogP contribution in [0.3, 0.4) is 0 Å². The summed E-state index contributed by atoms with van der Waals surface area (Å²) in [7, 11) is 1.58. The highest BCUT2D eigenvalue weighted by atomic mass is 35.5. The quantitative estimate of drug-likeness (QED) is 0.654. The van der Waals surface area contributed by atoms with E-state index in [0.29, 0.717) is 32.6 Å². The molecule has 1 aromatic heterocycles. The molecule has 3 rings (SSSR count). The Bertz CT molecular complexity index is 924. The molecule has 1 heterocycles. The molecule has 2 aromatic carbocycles. The van der Waals surface area contributed by atoms with Gasteiger partial charge in [-0.15, -0.1) is 11.3 Å². The lowest BCUT2D eigenvalue weighted by molar-refractivity contribution is 0.101. The molecule has 2 amide bonds. The SMILES string of the molecule is COc1ccc(NC(=O)c2ccc(Cl)c(NC(=O)c3cccs3)c2)cc1. The van der Waals surface area contributed by atoms with Gasteiger partial charge in [0.1, 0.15) is 5.75 Å². The second kappa shape index (κ2) is 8.03. The summed E-state index contributed by atoms with van der Waals surface area (Å²) < 4.78 is 5.09. The van der Waals surface area contributed by atoms with Crippen LogP contribution < -0.4 is 15.4 Å². The number of nitrogens with one attached hydrogen (secondary N) is 2. The van der Waals surface area contributed by atoms with Crippen LogP contribution in [-0.2, 0) is 0 Å². The van der Waals surface area contributed by atoms with Gasteiger partial charge >= 0.3 is 0 Å². The second-order valence-corrected chi connectivity index (χ2v) is 6.66. The molecule has 0 unspecified atom stereocenters. The Morgan fingerprint density at radius 3 is 2.42 bits per heavy atom. The van der Waals surface area contributed by atoms with E-state index in [2.05, 4.69) is 10.6 Å². The van der Waals surface area contributed by atoms with Gasteiger partial charge in [0.15, 0.2) is 0 Å². The van der Waals surface area contributed by atoms with E-state index in [0.717, 1.165) is 0 Å². The smallest absolute Gasteiger partial charge is 0.265 e. The van der Waals surface area contributed by atoms with E-state index >= 15 is 0 Å². The molecule has 26 heavy (non-hydrogen) atoms. The van der Waals surface area contributed by atoms with Gasteiger partial charge in [0.25, 0.3) is 11.8 Å². The molecule has 2 N–H and O–H groups in total. The Labute approximate surface area is 159 Å². The van der Waals surface area contributed by atoms with E-state index < -0.39 is 0 Å². The third kappa shape index (κ3) is 4.22. The van der Waals surface area contributed by atoms with Crippen LogP contribution in [-0.4, -0.2) is 18.9 Å². The minimum absolute atomic E-state index is 0.269. The van der Waals surface area contributed by atoms with E-state index in [1.807, 2.05) is 5.38 Å². The normalized spacial score (nSPS) is 10.2. The van der Waals surface area contributed by atoms with Crippen molar-refractivity contribution in [2.24, 2.45) is 0 Å².